The molecule has 0 aromatic heterocycles. The summed E-state index contributed by atoms with van der Waals surface area (Å²) in [6, 6.07) is 17.8. The summed E-state index contributed by atoms with van der Waals surface area (Å²) in [5.41, 5.74) is 3.01. The second kappa shape index (κ2) is 3.58. The van der Waals surface area contributed by atoms with Crippen molar-refractivity contribution in [3.63, 3.8) is 0 Å². The highest BCUT2D eigenvalue weighted by Gasteiger charge is 2.27. The zero-order chi connectivity index (χ0) is 12.1. The van der Waals surface area contributed by atoms with E-state index in [-0.39, 0.29) is 0 Å². The monoisotopic (exact) mass is 232 g/mol. The van der Waals surface area contributed by atoms with Gasteiger partial charge >= 0.3 is 0 Å². The summed E-state index contributed by atoms with van der Waals surface area (Å²) in [7, 11) is 0. The van der Waals surface area contributed by atoms with Crippen LogP contribution in [0.5, 0.6) is 0 Å². The predicted molar refractivity (Wildman–Crippen MR) is 78.2 cm³/mol. The molecule has 0 aliphatic heterocycles. The van der Waals surface area contributed by atoms with Gasteiger partial charge in [-0.25, -0.2) is 0 Å². The van der Waals surface area contributed by atoms with Crippen molar-refractivity contribution in [2.24, 2.45) is 0 Å². The Kier molecular flexibility index (Phi) is 2.02. The fourth-order valence-electron chi connectivity index (χ4n) is 3.19. The van der Waals surface area contributed by atoms with Gasteiger partial charge in [0.1, 0.15) is 0 Å². The molecule has 0 N–H and O–H groups in total. The van der Waals surface area contributed by atoms with E-state index in [0.29, 0.717) is 0 Å². The summed E-state index contributed by atoms with van der Waals surface area (Å²) in [4.78, 5) is 0. The van der Waals surface area contributed by atoms with E-state index in [2.05, 4.69) is 55.5 Å². The quantitative estimate of drug-likeness (QED) is 0.507. The van der Waals surface area contributed by atoms with Crippen LogP contribution in [0.3, 0.4) is 0 Å². The third-order valence-corrected chi connectivity index (χ3v) is 4.23. The van der Waals surface area contributed by atoms with Crippen LogP contribution in [0, 0.1) is 6.92 Å². The van der Waals surface area contributed by atoms with E-state index in [4.69, 9.17) is 0 Å². The number of rotatable bonds is 1. The van der Waals surface area contributed by atoms with Crippen LogP contribution < -0.4 is 0 Å². The SMILES string of the molecule is Cc1c2ccccc2c(C2CC2)c2ccccc12. The van der Waals surface area contributed by atoms with Gasteiger partial charge in [-0.05, 0) is 58.4 Å². The summed E-state index contributed by atoms with van der Waals surface area (Å²) >= 11 is 0. The molecule has 0 heteroatoms. The van der Waals surface area contributed by atoms with Crippen molar-refractivity contribution in [1.82, 2.24) is 0 Å². The zero-order valence-electron chi connectivity index (χ0n) is 10.6. The molecule has 1 aliphatic rings. The molecular formula is C18H16. The maximum atomic E-state index is 2.29. The minimum Gasteiger partial charge on any atom is -0.0616 e. The first-order valence-corrected chi connectivity index (χ1v) is 6.76. The molecule has 18 heavy (non-hydrogen) atoms. The predicted octanol–water partition coefficient (Wildman–Crippen LogP) is 5.18. The van der Waals surface area contributed by atoms with Gasteiger partial charge in [0.05, 0.1) is 0 Å². The highest BCUT2D eigenvalue weighted by atomic mass is 14.3. The molecular weight excluding hydrogens is 216 g/mol. The van der Waals surface area contributed by atoms with E-state index in [1.807, 2.05) is 0 Å². The minimum absolute atomic E-state index is 0.792. The van der Waals surface area contributed by atoms with Crippen molar-refractivity contribution < 1.29 is 0 Å². The molecule has 1 fully saturated rings. The molecule has 1 aliphatic carbocycles. The topological polar surface area (TPSA) is 0 Å². The Morgan fingerprint density at radius 3 is 1.61 bits per heavy atom. The molecule has 0 amide bonds. The number of aryl methyl sites for hydroxylation is 1. The first-order chi connectivity index (χ1) is 8.86. The molecule has 0 radical (unpaired) electrons. The molecule has 0 bridgehead atoms. The van der Waals surface area contributed by atoms with Crippen LogP contribution in [0.2, 0.25) is 0 Å². The van der Waals surface area contributed by atoms with Gasteiger partial charge in [-0.15, -0.1) is 0 Å². The third-order valence-electron chi connectivity index (χ3n) is 4.23. The summed E-state index contributed by atoms with van der Waals surface area (Å²) in [6.07, 6.45) is 2.72. The van der Waals surface area contributed by atoms with Gasteiger partial charge in [-0.3, -0.25) is 0 Å². The smallest absolute Gasteiger partial charge is 0.0140 e. The number of hydrogen-bond donors (Lipinski definition) is 0. The number of benzene rings is 3. The lowest BCUT2D eigenvalue weighted by Gasteiger charge is -2.14. The van der Waals surface area contributed by atoms with Crippen LogP contribution in [0.4, 0.5) is 0 Å². The standard InChI is InChI=1S/C18H16/c1-12-14-6-2-4-8-16(14)18(13-10-11-13)17-9-5-3-7-15(12)17/h2-9,13H,10-11H2,1H3. The van der Waals surface area contributed by atoms with Crippen LogP contribution >= 0.6 is 0 Å². The van der Waals surface area contributed by atoms with E-state index in [0.717, 1.165) is 5.92 Å². The van der Waals surface area contributed by atoms with E-state index in [1.165, 1.54) is 39.9 Å². The highest BCUT2D eigenvalue weighted by Crippen LogP contribution is 2.47. The van der Waals surface area contributed by atoms with Gasteiger partial charge < -0.3 is 0 Å². The number of hydrogen-bond acceptors (Lipinski definition) is 0. The van der Waals surface area contributed by atoms with Gasteiger partial charge in [-0.1, -0.05) is 48.5 Å². The van der Waals surface area contributed by atoms with Crippen molar-refractivity contribution in [2.75, 3.05) is 0 Å². The fraction of sp³-hybridized carbons (Fsp3) is 0.222. The Morgan fingerprint density at radius 1 is 0.722 bits per heavy atom. The lowest BCUT2D eigenvalue weighted by molar-refractivity contribution is 1.17. The highest BCUT2D eigenvalue weighted by molar-refractivity contribution is 6.06. The first-order valence-electron chi connectivity index (χ1n) is 6.76. The van der Waals surface area contributed by atoms with E-state index in [1.54, 1.807) is 5.56 Å². The third kappa shape index (κ3) is 1.32. The molecule has 0 saturated heterocycles. The maximum absolute atomic E-state index is 2.29. The van der Waals surface area contributed by atoms with E-state index >= 15 is 0 Å². The molecule has 88 valence electrons. The minimum atomic E-state index is 0.792. The lowest BCUT2D eigenvalue weighted by atomic mass is 9.90. The molecule has 0 nitrogen and oxygen atoms in total. The summed E-state index contributed by atoms with van der Waals surface area (Å²) in [6.45, 7) is 2.25. The molecule has 0 unspecified atom stereocenters. The summed E-state index contributed by atoms with van der Waals surface area (Å²) < 4.78 is 0. The zero-order valence-corrected chi connectivity index (χ0v) is 10.6. The fourth-order valence-corrected chi connectivity index (χ4v) is 3.19. The van der Waals surface area contributed by atoms with Crippen LogP contribution in [0.15, 0.2) is 48.5 Å². The van der Waals surface area contributed by atoms with Crippen molar-refractivity contribution in [2.45, 2.75) is 25.7 Å². The summed E-state index contributed by atoms with van der Waals surface area (Å²) in [5.74, 6) is 0.792. The second-order valence-corrected chi connectivity index (χ2v) is 5.40. The van der Waals surface area contributed by atoms with Gasteiger partial charge in [0.2, 0.25) is 0 Å². The van der Waals surface area contributed by atoms with Crippen LogP contribution in [-0.4, -0.2) is 0 Å². The van der Waals surface area contributed by atoms with E-state index in [9.17, 15) is 0 Å². The first kappa shape index (κ1) is 10.1. The molecule has 3 aromatic carbocycles. The van der Waals surface area contributed by atoms with Crippen LogP contribution in [-0.2, 0) is 0 Å². The second-order valence-electron chi connectivity index (χ2n) is 5.40. The van der Waals surface area contributed by atoms with Crippen LogP contribution in [0.25, 0.3) is 21.5 Å². The summed E-state index contributed by atoms with van der Waals surface area (Å²) in [5, 5.41) is 5.80. The van der Waals surface area contributed by atoms with Gasteiger partial charge in [0, 0.05) is 0 Å². The number of fused-ring (bicyclic) bond motifs is 2. The molecule has 0 spiro atoms. The normalized spacial score (nSPS) is 15.4. The molecule has 3 aromatic rings. The van der Waals surface area contributed by atoms with Gasteiger partial charge in [0.15, 0.2) is 0 Å². The Bertz CT molecular complexity index is 691. The van der Waals surface area contributed by atoms with E-state index < -0.39 is 0 Å². The Balaban J connectivity index is 2.28. The Labute approximate surface area is 107 Å². The van der Waals surface area contributed by atoms with Crippen molar-refractivity contribution in [3.05, 3.63) is 59.7 Å². The van der Waals surface area contributed by atoms with Crippen LogP contribution in [0.1, 0.15) is 29.9 Å². The van der Waals surface area contributed by atoms with Crippen molar-refractivity contribution in [3.8, 4) is 0 Å². The van der Waals surface area contributed by atoms with Gasteiger partial charge in [0.25, 0.3) is 0 Å². The Hall–Kier alpha value is -1.82. The Morgan fingerprint density at radius 2 is 1.17 bits per heavy atom. The molecule has 1 saturated carbocycles. The molecule has 0 heterocycles. The van der Waals surface area contributed by atoms with Gasteiger partial charge in [-0.2, -0.15) is 0 Å². The molecule has 0 atom stereocenters. The largest absolute Gasteiger partial charge is 0.0616 e. The average molecular weight is 232 g/mol. The van der Waals surface area contributed by atoms with Crippen molar-refractivity contribution >= 4 is 21.5 Å². The molecule has 4 rings (SSSR count). The average Bonchev–Trinajstić information content (AvgIpc) is 3.24. The lowest BCUT2D eigenvalue weighted by Crippen LogP contribution is -1.90. The maximum Gasteiger partial charge on any atom is -0.0140 e. The van der Waals surface area contributed by atoms with Crippen molar-refractivity contribution in [1.29, 1.82) is 0 Å².